The first-order chi connectivity index (χ1) is 9.12. The average molecular weight is 302 g/mol. The summed E-state index contributed by atoms with van der Waals surface area (Å²) in [4.78, 5) is 0. The summed E-state index contributed by atoms with van der Waals surface area (Å²) in [6.07, 6.45) is -9.92. The Labute approximate surface area is 110 Å². The van der Waals surface area contributed by atoms with Gasteiger partial charge in [-0.05, 0) is 6.42 Å². The third-order valence-electron chi connectivity index (χ3n) is 3.24. The lowest BCUT2D eigenvalue weighted by atomic mass is 10.1. The van der Waals surface area contributed by atoms with E-state index in [9.17, 15) is 31.4 Å². The average Bonchev–Trinajstić information content (AvgIpc) is 2.79. The van der Waals surface area contributed by atoms with Gasteiger partial charge in [0.15, 0.2) is 5.69 Å². The number of hydrogen-bond acceptors (Lipinski definition) is 2. The zero-order valence-electron chi connectivity index (χ0n) is 10.4. The van der Waals surface area contributed by atoms with E-state index in [4.69, 9.17) is 0 Å². The second-order valence-corrected chi connectivity index (χ2v) is 4.66. The lowest BCUT2D eigenvalue weighted by Gasteiger charge is -2.18. The van der Waals surface area contributed by atoms with Crippen LogP contribution in [0, 0.1) is 0 Å². The van der Waals surface area contributed by atoms with Crippen LogP contribution in [0.4, 0.5) is 26.3 Å². The number of aliphatic hydroxyl groups is 1. The first kappa shape index (κ1) is 15.1. The maximum absolute atomic E-state index is 13.7. The molecule has 1 N–H and O–H groups in total. The van der Waals surface area contributed by atoms with Crippen LogP contribution in [0.25, 0.3) is 0 Å². The van der Waals surface area contributed by atoms with Crippen molar-refractivity contribution in [2.24, 2.45) is 0 Å². The fraction of sp³-hybridized carbons (Fsp3) is 0.727. The zero-order valence-corrected chi connectivity index (χ0v) is 10.4. The summed E-state index contributed by atoms with van der Waals surface area (Å²) < 4.78 is 79.4. The Kier molecular flexibility index (Phi) is 3.52. The maximum Gasteiger partial charge on any atom is 0.435 e. The van der Waals surface area contributed by atoms with Gasteiger partial charge in [0, 0.05) is 12.1 Å². The summed E-state index contributed by atoms with van der Waals surface area (Å²) in [5, 5.41) is 12.5. The molecule has 0 aliphatic heterocycles. The molecule has 0 saturated heterocycles. The molecule has 0 bridgehead atoms. The van der Waals surface area contributed by atoms with Gasteiger partial charge in [-0.25, -0.2) is 4.39 Å². The molecule has 3 nitrogen and oxygen atoms in total. The molecule has 2 rings (SSSR count). The minimum absolute atomic E-state index is 0.113. The molecule has 114 valence electrons. The van der Waals surface area contributed by atoms with Gasteiger partial charge in [0.2, 0.25) is 6.17 Å². The summed E-state index contributed by atoms with van der Waals surface area (Å²) in [5.74, 6) is -4.28. The molecule has 0 spiro atoms. The highest BCUT2D eigenvalue weighted by Gasteiger charge is 2.61. The molecule has 1 aromatic rings. The number of alkyl halides is 6. The summed E-state index contributed by atoms with van der Waals surface area (Å²) in [6, 6.07) is 0. The number of unbranched alkanes of at least 4 members (excludes halogenated alkanes) is 1. The number of aliphatic hydroxyl groups excluding tert-OH is 1. The molecule has 2 atom stereocenters. The van der Waals surface area contributed by atoms with E-state index in [1.165, 1.54) is 0 Å². The van der Waals surface area contributed by atoms with Crippen LogP contribution in [-0.2, 0) is 12.7 Å². The van der Waals surface area contributed by atoms with E-state index in [0.29, 0.717) is 17.5 Å². The predicted octanol–water partition coefficient (Wildman–Crippen LogP) is 3.39. The molecule has 0 unspecified atom stereocenters. The van der Waals surface area contributed by atoms with Gasteiger partial charge >= 0.3 is 12.1 Å². The Morgan fingerprint density at radius 3 is 2.45 bits per heavy atom. The number of rotatable bonds is 3. The number of fused-ring (bicyclic) bond motifs is 1. The van der Waals surface area contributed by atoms with Crippen molar-refractivity contribution >= 4 is 0 Å². The van der Waals surface area contributed by atoms with E-state index >= 15 is 0 Å². The molecule has 0 saturated carbocycles. The first-order valence-electron chi connectivity index (χ1n) is 6.00. The molecule has 0 amide bonds. The Balaban J connectivity index is 2.59. The van der Waals surface area contributed by atoms with Gasteiger partial charge < -0.3 is 5.11 Å². The van der Waals surface area contributed by atoms with Crippen LogP contribution in [0.2, 0.25) is 0 Å². The Morgan fingerprint density at radius 2 is 1.95 bits per heavy atom. The highest BCUT2D eigenvalue weighted by Crippen LogP contribution is 2.55. The molecule has 0 fully saturated rings. The van der Waals surface area contributed by atoms with Crippen molar-refractivity contribution in [3.8, 4) is 0 Å². The quantitative estimate of drug-likeness (QED) is 0.869. The minimum atomic E-state index is -5.03. The normalized spacial score (nSPS) is 25.0. The van der Waals surface area contributed by atoms with Gasteiger partial charge in [-0.3, -0.25) is 4.68 Å². The van der Waals surface area contributed by atoms with E-state index < -0.39 is 41.3 Å². The standard InChI is InChI=1S/C11H12F6N2O/c1-2-3-4-19-6-5(8(18-19)11(15,16)17)9(20)10(13,14)7(6)12/h7,9,20H,2-4H2,1H3/t7-,9-/m0/s1. The third kappa shape index (κ3) is 2.07. The number of aromatic nitrogens is 2. The van der Waals surface area contributed by atoms with Crippen molar-refractivity contribution in [3.05, 3.63) is 17.0 Å². The predicted molar refractivity (Wildman–Crippen MR) is 55.9 cm³/mol. The van der Waals surface area contributed by atoms with Crippen LogP contribution < -0.4 is 0 Å². The Hall–Kier alpha value is -1.25. The van der Waals surface area contributed by atoms with Crippen LogP contribution in [-0.4, -0.2) is 20.8 Å². The molecule has 1 aromatic heterocycles. The lowest BCUT2D eigenvalue weighted by molar-refractivity contribution is -0.156. The van der Waals surface area contributed by atoms with E-state index in [0.717, 1.165) is 0 Å². The summed E-state index contributed by atoms with van der Waals surface area (Å²) in [7, 11) is 0. The van der Waals surface area contributed by atoms with E-state index in [1.54, 1.807) is 6.92 Å². The van der Waals surface area contributed by atoms with E-state index in [-0.39, 0.29) is 6.54 Å². The van der Waals surface area contributed by atoms with Gasteiger partial charge in [-0.2, -0.15) is 27.1 Å². The van der Waals surface area contributed by atoms with E-state index in [1.807, 2.05) is 0 Å². The number of aryl methyl sites for hydroxylation is 1. The second-order valence-electron chi connectivity index (χ2n) is 4.66. The molecule has 1 aliphatic rings. The van der Waals surface area contributed by atoms with Crippen molar-refractivity contribution < 1.29 is 31.4 Å². The topological polar surface area (TPSA) is 38.0 Å². The van der Waals surface area contributed by atoms with Gasteiger partial charge in [0.25, 0.3) is 0 Å². The molecule has 0 radical (unpaired) electrons. The van der Waals surface area contributed by atoms with Gasteiger partial charge in [-0.15, -0.1) is 0 Å². The maximum atomic E-state index is 13.7. The number of nitrogens with zero attached hydrogens (tertiary/aromatic N) is 2. The molecule has 1 aliphatic carbocycles. The van der Waals surface area contributed by atoms with Crippen LogP contribution in [0.15, 0.2) is 0 Å². The van der Waals surface area contributed by atoms with Gasteiger partial charge in [0.1, 0.15) is 6.10 Å². The van der Waals surface area contributed by atoms with Crippen molar-refractivity contribution in [3.63, 3.8) is 0 Å². The number of halogens is 6. The van der Waals surface area contributed by atoms with Crippen LogP contribution >= 0.6 is 0 Å². The first-order valence-corrected chi connectivity index (χ1v) is 6.00. The Morgan fingerprint density at radius 1 is 1.35 bits per heavy atom. The fourth-order valence-electron chi connectivity index (χ4n) is 2.23. The molecule has 1 heterocycles. The fourth-order valence-corrected chi connectivity index (χ4v) is 2.23. The van der Waals surface area contributed by atoms with Crippen molar-refractivity contribution in [1.82, 2.24) is 9.78 Å². The minimum Gasteiger partial charge on any atom is -0.382 e. The van der Waals surface area contributed by atoms with Crippen molar-refractivity contribution in [2.75, 3.05) is 0 Å². The van der Waals surface area contributed by atoms with Crippen LogP contribution in [0.3, 0.4) is 0 Å². The molecular weight excluding hydrogens is 290 g/mol. The monoisotopic (exact) mass is 302 g/mol. The number of hydrogen-bond donors (Lipinski definition) is 1. The SMILES string of the molecule is CCCCn1nc(C(F)(F)F)c2c1[C@H](F)C(F)(F)[C@H]2O. The van der Waals surface area contributed by atoms with Crippen LogP contribution in [0.1, 0.15) is 49.0 Å². The zero-order chi connectivity index (χ0) is 15.3. The summed E-state index contributed by atoms with van der Waals surface area (Å²) >= 11 is 0. The molecular formula is C11H12F6N2O. The van der Waals surface area contributed by atoms with Crippen molar-refractivity contribution in [2.45, 2.75) is 50.7 Å². The summed E-state index contributed by atoms with van der Waals surface area (Å²) in [5.41, 5.74) is -3.66. The summed E-state index contributed by atoms with van der Waals surface area (Å²) in [6.45, 7) is 1.63. The van der Waals surface area contributed by atoms with Gasteiger partial charge in [0.05, 0.1) is 5.69 Å². The Bertz CT molecular complexity index is 510. The second kappa shape index (κ2) is 4.64. The molecule has 9 heteroatoms. The lowest BCUT2D eigenvalue weighted by Crippen LogP contribution is -2.27. The molecule has 20 heavy (non-hydrogen) atoms. The van der Waals surface area contributed by atoms with Crippen molar-refractivity contribution in [1.29, 1.82) is 0 Å². The highest BCUT2D eigenvalue weighted by molar-refractivity contribution is 5.40. The third-order valence-corrected chi connectivity index (χ3v) is 3.24. The molecule has 0 aromatic carbocycles. The largest absolute Gasteiger partial charge is 0.435 e. The van der Waals surface area contributed by atoms with Gasteiger partial charge in [-0.1, -0.05) is 13.3 Å². The highest BCUT2D eigenvalue weighted by atomic mass is 19.4. The smallest absolute Gasteiger partial charge is 0.382 e. The van der Waals surface area contributed by atoms with Crippen LogP contribution in [0.5, 0.6) is 0 Å². The van der Waals surface area contributed by atoms with E-state index in [2.05, 4.69) is 5.10 Å².